The number of amides is 2. The molecular weight excluding hydrogens is 901 g/mol. The monoisotopic (exact) mass is 954 g/mol. The molecule has 360 valence electrons. The van der Waals surface area contributed by atoms with E-state index < -0.39 is 0 Å². The van der Waals surface area contributed by atoms with E-state index in [1.165, 1.54) is 10.8 Å². The number of carbonyl (C=O) groups is 2. The molecule has 0 saturated carbocycles. The van der Waals surface area contributed by atoms with Crippen LogP contribution in [-0.2, 0) is 14.1 Å². The molecule has 72 heavy (non-hydrogen) atoms. The van der Waals surface area contributed by atoms with E-state index in [4.69, 9.17) is 0 Å². The number of nitrogens with one attached hydrogen (secondary N) is 3. The van der Waals surface area contributed by atoms with Crippen molar-refractivity contribution in [1.82, 2.24) is 59.1 Å². The van der Waals surface area contributed by atoms with E-state index in [1.54, 1.807) is 61.7 Å². The van der Waals surface area contributed by atoms with Crippen LogP contribution in [0.2, 0.25) is 0 Å². The zero-order chi connectivity index (χ0) is 49.5. The molecule has 2 fully saturated rings. The molecule has 6 aromatic heterocycles. The summed E-state index contributed by atoms with van der Waals surface area (Å²) in [5, 5.41) is 12.3. The number of rotatable bonds is 10. The summed E-state index contributed by atoms with van der Waals surface area (Å²) in [5.41, 5.74) is 13.6. The third-order valence-corrected chi connectivity index (χ3v) is 13.9. The highest BCUT2D eigenvalue weighted by Crippen LogP contribution is 2.36. The smallest absolute Gasteiger partial charge is 0.256 e. The summed E-state index contributed by atoms with van der Waals surface area (Å²) >= 11 is 0. The van der Waals surface area contributed by atoms with E-state index in [0.29, 0.717) is 22.5 Å². The normalized spacial score (nSPS) is 15.1. The second kappa shape index (κ2) is 19.3. The van der Waals surface area contributed by atoms with E-state index in [9.17, 15) is 9.59 Å². The molecule has 1 atom stereocenters. The topological polar surface area (TPSA) is 167 Å². The first-order valence-electron chi connectivity index (χ1n) is 24.0. The van der Waals surface area contributed by atoms with Crippen molar-refractivity contribution in [1.29, 1.82) is 0 Å². The van der Waals surface area contributed by atoms with Crippen LogP contribution in [0.4, 0.5) is 22.7 Å². The highest BCUT2D eigenvalue weighted by molar-refractivity contribution is 6.03. The SMILES string of the molecule is CN1CC(NC(=O)c2ccncc2Nc2cc(-c3ccc4ccn(C)c4c3)c3nccnc3c2)C1.CN1CCC(N(C)C(=O)c2ccncc2Nc2cc(-c3ccc4ccn(C)c4c3)c3nccnc3c2)C1. The van der Waals surface area contributed by atoms with Gasteiger partial charge in [-0.25, -0.2) is 0 Å². The van der Waals surface area contributed by atoms with Gasteiger partial charge in [0.05, 0.1) is 63.0 Å². The lowest BCUT2D eigenvalue weighted by atomic mass is 10.0. The summed E-state index contributed by atoms with van der Waals surface area (Å²) in [6.45, 7) is 3.60. The number of nitrogens with zero attached hydrogens (tertiary/aromatic N) is 11. The first-order chi connectivity index (χ1) is 35.0. The number of likely N-dealkylation sites (tertiary alicyclic amines) is 2. The third kappa shape index (κ3) is 9.16. The summed E-state index contributed by atoms with van der Waals surface area (Å²) in [7, 11) is 10.1. The minimum atomic E-state index is -0.108. The average Bonchev–Trinajstić information content (AvgIpc) is 4.12. The van der Waals surface area contributed by atoms with Gasteiger partial charge in [0.2, 0.25) is 0 Å². The van der Waals surface area contributed by atoms with Crippen molar-refractivity contribution in [3.8, 4) is 22.3 Å². The number of aromatic nitrogens is 8. The zero-order valence-electron chi connectivity index (χ0n) is 40.8. The quantitative estimate of drug-likeness (QED) is 0.120. The Balaban J connectivity index is 0.000000156. The number of hydrogen-bond acceptors (Lipinski definition) is 12. The minimum Gasteiger partial charge on any atom is -0.354 e. The first kappa shape index (κ1) is 45.8. The van der Waals surface area contributed by atoms with Gasteiger partial charge in [-0.15, -0.1) is 0 Å². The van der Waals surface area contributed by atoms with Gasteiger partial charge < -0.3 is 39.8 Å². The van der Waals surface area contributed by atoms with Gasteiger partial charge in [0, 0.05) is 130 Å². The van der Waals surface area contributed by atoms with Crippen molar-refractivity contribution in [3.63, 3.8) is 0 Å². The summed E-state index contributed by atoms with van der Waals surface area (Å²) in [6, 6.07) is 28.9. The molecule has 12 rings (SSSR count). The van der Waals surface area contributed by atoms with Crippen LogP contribution in [0.1, 0.15) is 27.1 Å². The lowest BCUT2D eigenvalue weighted by Gasteiger charge is -2.36. The van der Waals surface area contributed by atoms with Crippen molar-refractivity contribution < 1.29 is 9.59 Å². The van der Waals surface area contributed by atoms with E-state index in [1.807, 2.05) is 45.2 Å². The molecule has 16 nitrogen and oxygen atoms in total. The Bertz CT molecular complexity index is 3670. The van der Waals surface area contributed by atoms with Gasteiger partial charge in [0.1, 0.15) is 0 Å². The van der Waals surface area contributed by atoms with Crippen molar-refractivity contribution in [2.45, 2.75) is 18.5 Å². The second-order valence-electron chi connectivity index (χ2n) is 18.9. The molecule has 2 aliphatic heterocycles. The molecular formula is C56H54N14O2. The molecule has 0 radical (unpaired) electrons. The van der Waals surface area contributed by atoms with E-state index in [0.717, 1.165) is 99.3 Å². The van der Waals surface area contributed by atoms with Gasteiger partial charge in [-0.1, -0.05) is 24.3 Å². The molecule has 3 N–H and O–H groups in total. The third-order valence-electron chi connectivity index (χ3n) is 13.9. The molecule has 0 bridgehead atoms. The maximum Gasteiger partial charge on any atom is 0.256 e. The summed E-state index contributed by atoms with van der Waals surface area (Å²) in [6.07, 6.45) is 18.6. The second-order valence-corrected chi connectivity index (χ2v) is 18.9. The highest BCUT2D eigenvalue weighted by Gasteiger charge is 2.29. The number of fused-ring (bicyclic) bond motifs is 4. The number of aryl methyl sites for hydroxylation is 2. The van der Waals surface area contributed by atoms with Crippen molar-refractivity contribution in [2.24, 2.45) is 14.1 Å². The predicted octanol–water partition coefficient (Wildman–Crippen LogP) is 8.67. The fraction of sp³-hybridized carbons (Fsp3) is 0.214. The lowest BCUT2D eigenvalue weighted by molar-refractivity contribution is 0.0738. The standard InChI is InChI=1S/C29H29N7O.C27H25N7O/c1-34-12-8-22(18-34)36(3)29(37)23-6-9-30-17-26(23)33-21-15-24(28-25(16-21)31-10-11-32-28)20-5-4-19-7-13-35(2)27(19)14-20;1-33-15-20(16-33)32-27(35)21-5-7-28-14-24(21)31-19-12-22(26-23(13-19)29-8-9-30-26)18-4-3-17-6-10-34(2)25(17)11-18/h4-7,9-11,13-17,22,33H,8,12,18H2,1-3H3;3-14,20,31H,15-16H2,1-2H3,(H,32,35). The van der Waals surface area contributed by atoms with E-state index in [-0.39, 0.29) is 23.9 Å². The Morgan fingerprint density at radius 1 is 0.583 bits per heavy atom. The van der Waals surface area contributed by atoms with Crippen LogP contribution in [0, 0.1) is 0 Å². The van der Waals surface area contributed by atoms with Gasteiger partial charge in [-0.3, -0.25) is 39.5 Å². The van der Waals surface area contributed by atoms with Crippen LogP contribution in [0.3, 0.4) is 0 Å². The maximum absolute atomic E-state index is 13.5. The molecule has 1 unspecified atom stereocenters. The summed E-state index contributed by atoms with van der Waals surface area (Å²) in [4.78, 5) is 59.7. The molecule has 16 heteroatoms. The van der Waals surface area contributed by atoms with Gasteiger partial charge in [-0.05, 0) is 110 Å². The van der Waals surface area contributed by atoms with Gasteiger partial charge >= 0.3 is 0 Å². The Labute approximate surface area is 416 Å². The lowest BCUT2D eigenvalue weighted by Crippen LogP contribution is -2.57. The summed E-state index contributed by atoms with van der Waals surface area (Å²) in [5.74, 6) is -0.122. The van der Waals surface area contributed by atoms with Crippen LogP contribution in [0.5, 0.6) is 0 Å². The molecule has 8 heterocycles. The average molecular weight is 955 g/mol. The molecule has 2 amide bonds. The molecule has 2 aliphatic rings. The highest BCUT2D eigenvalue weighted by atomic mass is 16.2. The number of anilines is 4. The predicted molar refractivity (Wildman–Crippen MR) is 285 cm³/mol. The number of benzene rings is 4. The van der Waals surface area contributed by atoms with Crippen molar-refractivity contribution >= 4 is 78.4 Å². The van der Waals surface area contributed by atoms with Crippen LogP contribution in [0.25, 0.3) is 66.1 Å². The number of pyridine rings is 2. The van der Waals surface area contributed by atoms with Gasteiger partial charge in [0.15, 0.2) is 0 Å². The fourth-order valence-corrected chi connectivity index (χ4v) is 9.91. The largest absolute Gasteiger partial charge is 0.354 e. The number of likely N-dealkylation sites (N-methyl/N-ethyl adjacent to an activating group) is 3. The molecule has 0 spiro atoms. The van der Waals surface area contributed by atoms with Crippen molar-refractivity contribution in [3.05, 3.63) is 158 Å². The molecule has 10 aromatic rings. The summed E-state index contributed by atoms with van der Waals surface area (Å²) < 4.78 is 4.22. The van der Waals surface area contributed by atoms with Crippen LogP contribution in [0.15, 0.2) is 147 Å². The number of hydrogen-bond donors (Lipinski definition) is 3. The molecule has 4 aromatic carbocycles. The fourth-order valence-electron chi connectivity index (χ4n) is 9.91. The maximum atomic E-state index is 13.5. The van der Waals surface area contributed by atoms with Crippen molar-refractivity contribution in [2.75, 3.05) is 58.0 Å². The van der Waals surface area contributed by atoms with Crippen LogP contribution >= 0.6 is 0 Å². The number of carbonyl (C=O) groups excluding carboxylic acids is 2. The van der Waals surface area contributed by atoms with Crippen LogP contribution < -0.4 is 16.0 Å². The zero-order valence-corrected chi connectivity index (χ0v) is 40.8. The Hall–Kier alpha value is -8.60. The Morgan fingerprint density at radius 2 is 1.11 bits per heavy atom. The van der Waals surface area contributed by atoms with Gasteiger partial charge in [0.25, 0.3) is 11.8 Å². The van der Waals surface area contributed by atoms with Gasteiger partial charge in [-0.2, -0.15) is 0 Å². The molecule has 2 saturated heterocycles. The first-order valence-corrected chi connectivity index (χ1v) is 24.0. The Morgan fingerprint density at radius 3 is 1.64 bits per heavy atom. The minimum absolute atomic E-state index is 0.0137. The van der Waals surface area contributed by atoms with Crippen LogP contribution in [-0.4, -0.2) is 125 Å². The van der Waals surface area contributed by atoms with E-state index >= 15 is 0 Å². The molecule has 0 aliphatic carbocycles. The Kier molecular flexibility index (Phi) is 12.3. The van der Waals surface area contributed by atoms with E-state index in [2.05, 4.69) is 145 Å².